The zero-order valence-electron chi connectivity index (χ0n) is 19.1. The second kappa shape index (κ2) is 19.3. The smallest absolute Gasteiger partial charge is 0.305 e. The lowest BCUT2D eigenvalue weighted by Crippen LogP contribution is -2.11. The maximum atomic E-state index is 11.8. The predicted molar refractivity (Wildman–Crippen MR) is 116 cm³/mol. The molecule has 166 valence electrons. The molecule has 0 aromatic heterocycles. The van der Waals surface area contributed by atoms with Gasteiger partial charge in [-0.15, -0.1) is 0 Å². The second-order valence-corrected chi connectivity index (χ2v) is 8.09. The maximum Gasteiger partial charge on any atom is 0.305 e. The fourth-order valence-electron chi connectivity index (χ4n) is 3.66. The van der Waals surface area contributed by atoms with E-state index in [1.54, 1.807) is 0 Å². The molecule has 0 spiro atoms. The van der Waals surface area contributed by atoms with Crippen molar-refractivity contribution < 1.29 is 19.1 Å². The molecule has 0 radical (unpaired) electrons. The molecule has 0 aliphatic heterocycles. The minimum Gasteiger partial charge on any atom is -0.466 e. The van der Waals surface area contributed by atoms with Crippen molar-refractivity contribution in [1.29, 1.82) is 0 Å². The topological polar surface area (TPSA) is 52.6 Å². The van der Waals surface area contributed by atoms with Crippen molar-refractivity contribution in [3.63, 3.8) is 0 Å². The number of unbranched alkanes of at least 4 members (excludes halogenated alkanes) is 2. The molecule has 0 aliphatic rings. The molecule has 0 rings (SSSR count). The summed E-state index contributed by atoms with van der Waals surface area (Å²) in [6.07, 6.45) is 13.8. The zero-order valence-corrected chi connectivity index (χ0v) is 19.1. The summed E-state index contributed by atoms with van der Waals surface area (Å²) in [7, 11) is 0. The predicted octanol–water partition coefficient (Wildman–Crippen LogP) is 6.85. The molecule has 0 aliphatic carbocycles. The van der Waals surface area contributed by atoms with Gasteiger partial charge in [-0.1, -0.05) is 79.1 Å². The van der Waals surface area contributed by atoms with Crippen LogP contribution in [-0.4, -0.2) is 25.2 Å². The quantitative estimate of drug-likeness (QED) is 0.176. The van der Waals surface area contributed by atoms with Crippen molar-refractivity contribution >= 4 is 11.9 Å². The lowest BCUT2D eigenvalue weighted by molar-refractivity contribution is -0.146. The number of esters is 2. The second-order valence-electron chi connectivity index (χ2n) is 8.09. The highest BCUT2D eigenvalue weighted by molar-refractivity contribution is 5.70. The first-order valence-corrected chi connectivity index (χ1v) is 11.9. The minimum absolute atomic E-state index is 0.137. The van der Waals surface area contributed by atoms with Gasteiger partial charge < -0.3 is 9.47 Å². The van der Waals surface area contributed by atoms with Crippen molar-refractivity contribution in [1.82, 2.24) is 0 Å². The molecule has 0 saturated heterocycles. The Bertz CT molecular complexity index is 375. The van der Waals surface area contributed by atoms with E-state index in [1.807, 2.05) is 0 Å². The molecule has 0 aromatic rings. The summed E-state index contributed by atoms with van der Waals surface area (Å²) >= 11 is 0. The maximum absolute atomic E-state index is 11.8. The first-order chi connectivity index (χ1) is 13.6. The fraction of sp³-hybridized carbons (Fsp3) is 0.917. The average molecular weight is 399 g/mol. The average Bonchev–Trinajstić information content (AvgIpc) is 2.68. The van der Waals surface area contributed by atoms with Gasteiger partial charge >= 0.3 is 11.9 Å². The van der Waals surface area contributed by atoms with E-state index in [1.165, 1.54) is 44.9 Å². The molecular formula is C24H46O4. The molecule has 0 amide bonds. The summed E-state index contributed by atoms with van der Waals surface area (Å²) in [6.45, 7) is 9.87. The first-order valence-electron chi connectivity index (χ1n) is 11.9. The number of ether oxygens (including phenoxy) is 2. The number of hydrogen-bond acceptors (Lipinski definition) is 4. The Morgan fingerprint density at radius 1 is 0.607 bits per heavy atom. The number of hydrogen-bond donors (Lipinski definition) is 0. The zero-order chi connectivity index (χ0) is 21.0. The molecule has 4 heteroatoms. The monoisotopic (exact) mass is 398 g/mol. The Morgan fingerprint density at radius 3 is 1.54 bits per heavy atom. The van der Waals surface area contributed by atoms with Gasteiger partial charge in [-0.3, -0.25) is 9.59 Å². The summed E-state index contributed by atoms with van der Waals surface area (Å²) in [6, 6.07) is 0. The molecule has 0 fully saturated rings. The van der Waals surface area contributed by atoms with Gasteiger partial charge in [-0.25, -0.2) is 0 Å². The molecule has 0 saturated carbocycles. The summed E-state index contributed by atoms with van der Waals surface area (Å²) in [5.74, 6) is 1.06. The van der Waals surface area contributed by atoms with Crippen LogP contribution < -0.4 is 0 Å². The van der Waals surface area contributed by atoms with Crippen LogP contribution in [0.15, 0.2) is 0 Å². The van der Waals surface area contributed by atoms with Gasteiger partial charge in [0.25, 0.3) is 0 Å². The third-order valence-corrected chi connectivity index (χ3v) is 5.53. The van der Waals surface area contributed by atoms with Crippen molar-refractivity contribution in [3.8, 4) is 0 Å². The van der Waals surface area contributed by atoms with E-state index in [0.29, 0.717) is 50.7 Å². The molecule has 4 nitrogen and oxygen atoms in total. The highest BCUT2D eigenvalue weighted by Gasteiger charge is 2.11. The number of rotatable bonds is 19. The summed E-state index contributed by atoms with van der Waals surface area (Å²) in [5, 5.41) is 0. The van der Waals surface area contributed by atoms with Gasteiger partial charge in [0.2, 0.25) is 0 Å². The van der Waals surface area contributed by atoms with Gasteiger partial charge in [0, 0.05) is 12.8 Å². The summed E-state index contributed by atoms with van der Waals surface area (Å²) in [4.78, 5) is 23.6. The van der Waals surface area contributed by atoms with Crippen LogP contribution in [0.4, 0.5) is 0 Å². The molecule has 0 aromatic carbocycles. The Morgan fingerprint density at radius 2 is 1.11 bits per heavy atom. The van der Waals surface area contributed by atoms with E-state index < -0.39 is 0 Å². The van der Waals surface area contributed by atoms with E-state index in [-0.39, 0.29) is 11.9 Å². The van der Waals surface area contributed by atoms with Crippen LogP contribution in [0.5, 0.6) is 0 Å². The van der Waals surface area contributed by atoms with Crippen LogP contribution in [-0.2, 0) is 19.1 Å². The Kier molecular flexibility index (Phi) is 18.5. The lowest BCUT2D eigenvalue weighted by atomic mass is 9.95. The van der Waals surface area contributed by atoms with Crippen LogP contribution in [0.2, 0.25) is 0 Å². The Hall–Kier alpha value is -1.06. The van der Waals surface area contributed by atoms with Crippen molar-refractivity contribution in [2.24, 2.45) is 11.8 Å². The Labute approximate surface area is 174 Å². The largest absolute Gasteiger partial charge is 0.466 e. The van der Waals surface area contributed by atoms with Crippen LogP contribution in [0.25, 0.3) is 0 Å². The highest BCUT2D eigenvalue weighted by Crippen LogP contribution is 2.18. The van der Waals surface area contributed by atoms with Gasteiger partial charge in [0.05, 0.1) is 13.2 Å². The number of carbonyl (C=O) groups is 2. The van der Waals surface area contributed by atoms with E-state index in [9.17, 15) is 9.59 Å². The van der Waals surface area contributed by atoms with Crippen molar-refractivity contribution in [3.05, 3.63) is 0 Å². The van der Waals surface area contributed by atoms with E-state index in [0.717, 1.165) is 19.3 Å². The van der Waals surface area contributed by atoms with Crippen molar-refractivity contribution in [2.75, 3.05) is 13.2 Å². The molecule has 1 atom stereocenters. The van der Waals surface area contributed by atoms with Crippen LogP contribution in [0.1, 0.15) is 118 Å². The van der Waals surface area contributed by atoms with Gasteiger partial charge in [-0.05, 0) is 37.5 Å². The third-order valence-electron chi connectivity index (χ3n) is 5.53. The molecule has 0 unspecified atom stereocenters. The van der Waals surface area contributed by atoms with Crippen LogP contribution in [0, 0.1) is 11.8 Å². The minimum atomic E-state index is -0.138. The van der Waals surface area contributed by atoms with Crippen molar-refractivity contribution in [2.45, 2.75) is 118 Å². The Balaban J connectivity index is 3.68. The molecule has 0 N–H and O–H groups in total. The van der Waals surface area contributed by atoms with Gasteiger partial charge in [0.15, 0.2) is 0 Å². The molecule has 0 heterocycles. The van der Waals surface area contributed by atoms with Gasteiger partial charge in [0.1, 0.15) is 0 Å². The normalized spacial score (nSPS) is 12.2. The molecule has 28 heavy (non-hydrogen) atoms. The van der Waals surface area contributed by atoms with E-state index in [4.69, 9.17) is 9.47 Å². The SMILES string of the molecule is CCCC[C@@H](CC)CCOC(=O)CCCCC(=O)OCCC(CCC)CCC. The van der Waals surface area contributed by atoms with E-state index in [2.05, 4.69) is 27.7 Å². The fourth-order valence-corrected chi connectivity index (χ4v) is 3.66. The summed E-state index contributed by atoms with van der Waals surface area (Å²) < 4.78 is 10.7. The first kappa shape index (κ1) is 26.9. The summed E-state index contributed by atoms with van der Waals surface area (Å²) in [5.41, 5.74) is 0. The molecule has 0 bridgehead atoms. The lowest BCUT2D eigenvalue weighted by Gasteiger charge is -2.15. The van der Waals surface area contributed by atoms with Crippen LogP contribution >= 0.6 is 0 Å². The third kappa shape index (κ3) is 15.9. The highest BCUT2D eigenvalue weighted by atomic mass is 16.5. The standard InChI is InChI=1S/C24H46O4/c1-5-9-14-21(8-4)17-19-27-23(25)15-10-11-16-24(26)28-20-18-22(12-6-2)13-7-3/h21-22H,5-20H2,1-4H3/t21-/m1/s1. The van der Waals surface area contributed by atoms with Gasteiger partial charge in [-0.2, -0.15) is 0 Å². The van der Waals surface area contributed by atoms with Crippen LogP contribution in [0.3, 0.4) is 0 Å². The number of carbonyl (C=O) groups excluding carboxylic acids is 2. The molecular weight excluding hydrogens is 352 g/mol. The van der Waals surface area contributed by atoms with E-state index >= 15 is 0 Å².